The zero-order valence-corrected chi connectivity index (χ0v) is 14.9. The van der Waals surface area contributed by atoms with Gasteiger partial charge in [-0.15, -0.1) is 12.4 Å². The number of aryl methyl sites for hydroxylation is 1. The molecule has 0 bridgehead atoms. The molecule has 1 N–H and O–H groups in total. The molecule has 4 rings (SSSR count). The molecule has 0 aliphatic carbocycles. The summed E-state index contributed by atoms with van der Waals surface area (Å²) in [6.45, 7) is 2.07. The predicted molar refractivity (Wildman–Crippen MR) is 102 cm³/mol. The summed E-state index contributed by atoms with van der Waals surface area (Å²) in [6.07, 6.45) is 3.12. The number of aromatic nitrogens is 2. The summed E-state index contributed by atoms with van der Waals surface area (Å²) in [4.78, 5) is 0. The van der Waals surface area contributed by atoms with Crippen molar-refractivity contribution in [3.63, 3.8) is 0 Å². The monoisotopic (exact) mass is 357 g/mol. The molecule has 3 nitrogen and oxygen atoms in total. The Morgan fingerprint density at radius 3 is 2.48 bits per heavy atom. The Morgan fingerprint density at radius 1 is 1.08 bits per heavy atom. The number of rotatable bonds is 3. The van der Waals surface area contributed by atoms with Crippen LogP contribution in [0.4, 0.5) is 4.39 Å². The first kappa shape index (κ1) is 17.6. The Labute approximate surface area is 153 Å². The SMILES string of the molecule is Cl.Cn1ccc(-c2cc(-c3ccc(F)cc3)ccc2C2CCNC2)n1. The lowest BCUT2D eigenvalue weighted by Crippen LogP contribution is -2.08. The topological polar surface area (TPSA) is 29.9 Å². The van der Waals surface area contributed by atoms with Crippen molar-refractivity contribution < 1.29 is 4.39 Å². The molecular weight excluding hydrogens is 337 g/mol. The molecule has 0 radical (unpaired) electrons. The van der Waals surface area contributed by atoms with Crippen molar-refractivity contribution in [1.29, 1.82) is 0 Å². The highest BCUT2D eigenvalue weighted by molar-refractivity contribution is 5.85. The van der Waals surface area contributed by atoms with Crippen molar-refractivity contribution in [2.75, 3.05) is 13.1 Å². The first-order valence-corrected chi connectivity index (χ1v) is 8.31. The van der Waals surface area contributed by atoms with Crippen LogP contribution in [0.1, 0.15) is 17.9 Å². The molecule has 130 valence electrons. The Hall–Kier alpha value is -2.17. The molecule has 1 saturated heterocycles. The van der Waals surface area contributed by atoms with Crippen LogP contribution in [0.2, 0.25) is 0 Å². The van der Waals surface area contributed by atoms with E-state index in [2.05, 4.69) is 34.7 Å². The Balaban J connectivity index is 0.00000182. The number of nitrogens with zero attached hydrogens (tertiary/aromatic N) is 2. The molecule has 1 fully saturated rings. The average molecular weight is 358 g/mol. The van der Waals surface area contributed by atoms with E-state index >= 15 is 0 Å². The number of benzene rings is 2. The molecule has 0 spiro atoms. The molecule has 0 amide bonds. The predicted octanol–water partition coefficient (Wildman–Crippen LogP) is 4.39. The van der Waals surface area contributed by atoms with E-state index in [1.165, 1.54) is 23.3 Å². The van der Waals surface area contributed by atoms with Crippen LogP contribution in [-0.2, 0) is 7.05 Å². The largest absolute Gasteiger partial charge is 0.316 e. The summed E-state index contributed by atoms with van der Waals surface area (Å²) in [6, 6.07) is 15.2. The molecule has 1 aliphatic heterocycles. The van der Waals surface area contributed by atoms with Gasteiger partial charge >= 0.3 is 0 Å². The van der Waals surface area contributed by atoms with E-state index in [9.17, 15) is 4.39 Å². The zero-order valence-electron chi connectivity index (χ0n) is 14.1. The molecule has 25 heavy (non-hydrogen) atoms. The van der Waals surface area contributed by atoms with Gasteiger partial charge in [-0.3, -0.25) is 4.68 Å². The molecule has 1 atom stereocenters. The average Bonchev–Trinajstić information content (AvgIpc) is 3.27. The summed E-state index contributed by atoms with van der Waals surface area (Å²) in [5, 5.41) is 8.04. The van der Waals surface area contributed by atoms with Crippen LogP contribution < -0.4 is 5.32 Å². The van der Waals surface area contributed by atoms with Gasteiger partial charge < -0.3 is 5.32 Å². The van der Waals surface area contributed by atoms with Gasteiger partial charge in [0.25, 0.3) is 0 Å². The third-order valence-corrected chi connectivity index (χ3v) is 4.72. The third-order valence-electron chi connectivity index (χ3n) is 4.72. The third kappa shape index (κ3) is 3.60. The summed E-state index contributed by atoms with van der Waals surface area (Å²) < 4.78 is 15.0. The van der Waals surface area contributed by atoms with Gasteiger partial charge in [0.15, 0.2) is 0 Å². The minimum absolute atomic E-state index is 0. The van der Waals surface area contributed by atoms with Crippen LogP contribution >= 0.6 is 12.4 Å². The van der Waals surface area contributed by atoms with E-state index < -0.39 is 0 Å². The second-order valence-corrected chi connectivity index (χ2v) is 6.37. The first-order chi connectivity index (χ1) is 11.7. The van der Waals surface area contributed by atoms with Crippen molar-refractivity contribution in [3.05, 3.63) is 66.1 Å². The van der Waals surface area contributed by atoms with Crippen LogP contribution in [0, 0.1) is 5.82 Å². The van der Waals surface area contributed by atoms with Gasteiger partial charge in [-0.2, -0.15) is 5.10 Å². The van der Waals surface area contributed by atoms with Gasteiger partial charge in [-0.25, -0.2) is 4.39 Å². The highest BCUT2D eigenvalue weighted by Crippen LogP contribution is 2.35. The first-order valence-electron chi connectivity index (χ1n) is 8.31. The lowest BCUT2D eigenvalue weighted by molar-refractivity contribution is 0.628. The number of nitrogens with one attached hydrogen (secondary N) is 1. The van der Waals surface area contributed by atoms with Crippen LogP contribution in [0.15, 0.2) is 54.7 Å². The Kier molecular flexibility index (Phi) is 5.21. The standard InChI is InChI=1S/C20H20FN3.ClH/c1-24-11-9-20(23-24)19-12-15(14-2-5-17(21)6-3-14)4-7-18(19)16-8-10-22-13-16;/h2-7,9,11-12,16,22H,8,10,13H2,1H3;1H. The van der Waals surface area contributed by atoms with Gasteiger partial charge in [0.05, 0.1) is 5.69 Å². The zero-order chi connectivity index (χ0) is 16.5. The van der Waals surface area contributed by atoms with Gasteiger partial charge in [0.1, 0.15) is 5.82 Å². The normalized spacial score (nSPS) is 16.6. The maximum absolute atomic E-state index is 13.2. The molecule has 2 aromatic carbocycles. The minimum Gasteiger partial charge on any atom is -0.316 e. The smallest absolute Gasteiger partial charge is 0.123 e. The summed E-state index contributed by atoms with van der Waals surface area (Å²) >= 11 is 0. The van der Waals surface area contributed by atoms with Crippen LogP contribution in [0.25, 0.3) is 22.4 Å². The lowest BCUT2D eigenvalue weighted by atomic mass is 9.89. The van der Waals surface area contributed by atoms with Crippen molar-refractivity contribution >= 4 is 12.4 Å². The van der Waals surface area contributed by atoms with E-state index in [0.29, 0.717) is 5.92 Å². The second kappa shape index (κ2) is 7.38. The van der Waals surface area contributed by atoms with E-state index in [0.717, 1.165) is 36.3 Å². The van der Waals surface area contributed by atoms with E-state index in [4.69, 9.17) is 0 Å². The van der Waals surface area contributed by atoms with Gasteiger partial charge in [0, 0.05) is 25.4 Å². The molecule has 1 aromatic heterocycles. The van der Waals surface area contributed by atoms with Crippen LogP contribution in [0.3, 0.4) is 0 Å². The molecule has 5 heteroatoms. The van der Waals surface area contributed by atoms with Crippen LogP contribution in [0.5, 0.6) is 0 Å². The molecule has 1 unspecified atom stereocenters. The summed E-state index contributed by atoms with van der Waals surface area (Å²) in [5.74, 6) is 0.307. The maximum Gasteiger partial charge on any atom is 0.123 e. The summed E-state index contributed by atoms with van der Waals surface area (Å²) in [5.41, 5.74) is 5.61. The van der Waals surface area contributed by atoms with Crippen molar-refractivity contribution in [2.24, 2.45) is 7.05 Å². The number of halogens is 2. The minimum atomic E-state index is -0.211. The second-order valence-electron chi connectivity index (χ2n) is 6.37. The molecule has 0 saturated carbocycles. The molecule has 1 aliphatic rings. The molecule has 2 heterocycles. The molecular formula is C20H21ClFN3. The van der Waals surface area contributed by atoms with Crippen molar-refractivity contribution in [2.45, 2.75) is 12.3 Å². The van der Waals surface area contributed by atoms with Crippen molar-refractivity contribution in [3.8, 4) is 22.4 Å². The van der Waals surface area contributed by atoms with E-state index in [1.54, 1.807) is 0 Å². The van der Waals surface area contributed by atoms with Crippen LogP contribution in [-0.4, -0.2) is 22.9 Å². The number of hydrogen-bond donors (Lipinski definition) is 1. The van der Waals surface area contributed by atoms with E-state index in [1.807, 2.05) is 30.1 Å². The molecule has 3 aromatic rings. The quantitative estimate of drug-likeness (QED) is 0.753. The highest BCUT2D eigenvalue weighted by atomic mass is 35.5. The number of hydrogen-bond acceptors (Lipinski definition) is 2. The Bertz CT molecular complexity index is 852. The fraction of sp³-hybridized carbons (Fsp3) is 0.250. The lowest BCUT2D eigenvalue weighted by Gasteiger charge is -2.15. The fourth-order valence-electron chi connectivity index (χ4n) is 3.43. The Morgan fingerprint density at radius 2 is 1.84 bits per heavy atom. The van der Waals surface area contributed by atoms with Gasteiger partial charge in [0.2, 0.25) is 0 Å². The fourth-order valence-corrected chi connectivity index (χ4v) is 3.43. The van der Waals surface area contributed by atoms with Crippen molar-refractivity contribution in [1.82, 2.24) is 15.1 Å². The van der Waals surface area contributed by atoms with Gasteiger partial charge in [-0.1, -0.05) is 24.3 Å². The maximum atomic E-state index is 13.2. The van der Waals surface area contributed by atoms with E-state index in [-0.39, 0.29) is 18.2 Å². The summed E-state index contributed by atoms with van der Waals surface area (Å²) in [7, 11) is 1.93. The van der Waals surface area contributed by atoms with Gasteiger partial charge in [-0.05, 0) is 59.8 Å². The highest BCUT2D eigenvalue weighted by Gasteiger charge is 2.21.